The third-order valence-electron chi connectivity index (χ3n) is 9.13. The number of allylic oxidation sites excluding steroid dienone is 1. The van der Waals surface area contributed by atoms with Gasteiger partial charge in [-0.2, -0.15) is 0 Å². The first-order valence-corrected chi connectivity index (χ1v) is 15.3. The second kappa shape index (κ2) is 14.6. The molecule has 2 fully saturated rings. The van der Waals surface area contributed by atoms with Crippen molar-refractivity contribution >= 4 is 23.9 Å². The van der Waals surface area contributed by atoms with Gasteiger partial charge in [0.1, 0.15) is 6.10 Å². The summed E-state index contributed by atoms with van der Waals surface area (Å²) < 4.78 is 16.3. The molecule has 2 aliphatic rings. The molecule has 1 aromatic carbocycles. The normalized spacial score (nSPS) is 31.8. The maximum absolute atomic E-state index is 13.0. The van der Waals surface area contributed by atoms with Crippen LogP contribution in [0.1, 0.15) is 52.5 Å². The summed E-state index contributed by atoms with van der Waals surface area (Å²) in [6, 6.07) is 9.26. The number of rotatable bonds is 16. The number of carboxylic acid groups (broad SMARTS) is 3. The van der Waals surface area contributed by atoms with Crippen LogP contribution in [0.3, 0.4) is 0 Å². The van der Waals surface area contributed by atoms with Crippen molar-refractivity contribution in [2.45, 2.75) is 101 Å². The summed E-state index contributed by atoms with van der Waals surface area (Å²) in [5.41, 5.74) is -6.35. The van der Waals surface area contributed by atoms with Gasteiger partial charge in [0.2, 0.25) is 23.1 Å². The molecule has 2 aliphatic heterocycles. The number of ether oxygens (including phenoxy) is 3. The van der Waals surface area contributed by atoms with Crippen LogP contribution < -0.4 is 0 Å². The minimum atomic E-state index is -3.90. The van der Waals surface area contributed by atoms with Crippen LogP contribution in [0.4, 0.5) is 0 Å². The molecule has 11 atom stereocenters. The van der Waals surface area contributed by atoms with Gasteiger partial charge in [0.05, 0.1) is 12.2 Å². The summed E-state index contributed by atoms with van der Waals surface area (Å²) in [6.07, 6.45) is -7.00. The van der Waals surface area contributed by atoms with Gasteiger partial charge in [-0.1, -0.05) is 63.8 Å². The lowest BCUT2D eigenvalue weighted by Gasteiger charge is -2.48. The van der Waals surface area contributed by atoms with Crippen LogP contribution in [-0.4, -0.2) is 107 Å². The number of aliphatic carboxylic acids is 3. The van der Waals surface area contributed by atoms with Gasteiger partial charge in [0, 0.05) is 12.5 Å². The molecule has 2 bridgehead atoms. The van der Waals surface area contributed by atoms with Crippen molar-refractivity contribution in [1.82, 2.24) is 0 Å². The number of hydrogen-bond donors (Lipinski definition) is 7. The fraction of sp³-hybridized carbons (Fsp3) is 0.576. The van der Waals surface area contributed by atoms with Gasteiger partial charge in [-0.3, -0.25) is 0 Å². The average molecular weight is 665 g/mol. The number of carboxylic acids is 3. The highest BCUT2D eigenvalue weighted by Crippen LogP contribution is 2.55. The van der Waals surface area contributed by atoms with E-state index in [0.29, 0.717) is 12.8 Å². The fourth-order valence-corrected chi connectivity index (χ4v) is 6.20. The molecule has 47 heavy (non-hydrogen) atoms. The molecule has 0 unspecified atom stereocenters. The Kier molecular flexibility index (Phi) is 11.8. The van der Waals surface area contributed by atoms with Gasteiger partial charge < -0.3 is 50.0 Å². The van der Waals surface area contributed by atoms with E-state index in [2.05, 4.69) is 6.58 Å². The van der Waals surface area contributed by atoms with E-state index in [1.165, 1.54) is 6.08 Å². The van der Waals surface area contributed by atoms with Gasteiger partial charge in [-0.25, -0.2) is 19.2 Å². The van der Waals surface area contributed by atoms with E-state index in [1.54, 1.807) is 27.7 Å². The van der Waals surface area contributed by atoms with Crippen molar-refractivity contribution in [2.24, 2.45) is 17.8 Å². The van der Waals surface area contributed by atoms with E-state index < -0.39 is 77.8 Å². The zero-order valence-electron chi connectivity index (χ0n) is 26.7. The molecular formula is C33H44O14. The summed E-state index contributed by atoms with van der Waals surface area (Å²) in [7, 11) is 0. The fourth-order valence-electron chi connectivity index (χ4n) is 6.20. The molecule has 0 aromatic heterocycles. The Morgan fingerprint density at radius 3 is 2.15 bits per heavy atom. The van der Waals surface area contributed by atoms with Crippen molar-refractivity contribution < 1.29 is 69.1 Å². The second-order valence-electron chi connectivity index (χ2n) is 12.7. The molecule has 260 valence electrons. The van der Waals surface area contributed by atoms with Gasteiger partial charge >= 0.3 is 23.9 Å². The average Bonchev–Trinajstić information content (AvgIpc) is 3.22. The van der Waals surface area contributed by atoms with Crippen molar-refractivity contribution in [1.29, 1.82) is 0 Å². The van der Waals surface area contributed by atoms with Crippen LogP contribution in [0.15, 0.2) is 54.6 Å². The van der Waals surface area contributed by atoms with Crippen molar-refractivity contribution in [3.63, 3.8) is 0 Å². The molecule has 1 aromatic rings. The Bertz CT molecular complexity index is 1360. The van der Waals surface area contributed by atoms with Gasteiger partial charge in [0.25, 0.3) is 0 Å². The summed E-state index contributed by atoms with van der Waals surface area (Å²) in [6.45, 7) is 10.8. The summed E-state index contributed by atoms with van der Waals surface area (Å²) >= 11 is 0. The Morgan fingerprint density at radius 2 is 1.62 bits per heavy atom. The van der Waals surface area contributed by atoms with Crippen LogP contribution in [0, 0.1) is 17.8 Å². The number of fused-ring (bicyclic) bond motifs is 2. The van der Waals surface area contributed by atoms with E-state index in [4.69, 9.17) is 14.2 Å². The Balaban J connectivity index is 1.96. The highest BCUT2D eigenvalue weighted by molar-refractivity contribution is 5.98. The maximum atomic E-state index is 13.0. The van der Waals surface area contributed by atoms with E-state index in [9.17, 15) is 54.9 Å². The monoisotopic (exact) mass is 664 g/mol. The minimum Gasteiger partial charge on any atom is -0.479 e. The molecule has 0 spiro atoms. The molecule has 0 aliphatic carbocycles. The number of carbonyl (C=O) groups is 4. The smallest absolute Gasteiger partial charge is 0.344 e. The molecule has 0 amide bonds. The van der Waals surface area contributed by atoms with Gasteiger partial charge in [0.15, 0.2) is 6.10 Å². The number of esters is 1. The molecule has 3 rings (SSSR count). The van der Waals surface area contributed by atoms with Crippen LogP contribution in [0.2, 0.25) is 0 Å². The third-order valence-corrected chi connectivity index (χ3v) is 9.13. The van der Waals surface area contributed by atoms with Crippen molar-refractivity contribution in [2.75, 3.05) is 0 Å². The lowest BCUT2D eigenvalue weighted by atomic mass is 9.74. The van der Waals surface area contributed by atoms with Crippen molar-refractivity contribution in [3.8, 4) is 0 Å². The summed E-state index contributed by atoms with van der Waals surface area (Å²) in [5, 5.41) is 73.8. The molecule has 14 heteroatoms. The standard InChI is InChI=1S/C33H44O14/c1-17(15-19(3)21(5)34)11-12-23(35)45-26-25(37)31(14-13-18(2)24(36)20(4)16-22-9-7-6-8-10-22)46-27(28(38)39)32(44,29(40)41)33(26,47-31)30(42)43/h6-12,17,19-21,24-27,34,36-37,44H,2,13-16H2,1,3-5H3,(H,38,39)(H,40,41)(H,42,43)/b12-11+/t17-,19-,20-,21-,24-,25-,26-,27-,31-,32-,33-/m1/s1. The Hall–Kier alpha value is -3.66. The van der Waals surface area contributed by atoms with Crippen LogP contribution in [0.25, 0.3) is 0 Å². The quantitative estimate of drug-likeness (QED) is 0.0749. The molecule has 14 nitrogen and oxygen atoms in total. The predicted octanol–water partition coefficient (Wildman–Crippen LogP) is 1.28. The largest absolute Gasteiger partial charge is 0.479 e. The molecule has 0 saturated carbocycles. The zero-order chi connectivity index (χ0) is 35.5. The lowest BCUT2D eigenvalue weighted by Crippen LogP contribution is -2.78. The van der Waals surface area contributed by atoms with Crippen LogP contribution in [-0.2, 0) is 39.8 Å². The Morgan fingerprint density at radius 1 is 1.00 bits per heavy atom. The summed E-state index contributed by atoms with van der Waals surface area (Å²) in [5.74, 6) is -11.4. The first kappa shape index (κ1) is 37.8. The minimum absolute atomic E-state index is 0.143. The summed E-state index contributed by atoms with van der Waals surface area (Å²) in [4.78, 5) is 50.5. The highest BCUT2D eigenvalue weighted by atomic mass is 16.8. The van der Waals surface area contributed by atoms with Crippen LogP contribution >= 0.6 is 0 Å². The van der Waals surface area contributed by atoms with Crippen LogP contribution in [0.5, 0.6) is 0 Å². The molecule has 2 saturated heterocycles. The second-order valence-corrected chi connectivity index (χ2v) is 12.7. The zero-order valence-corrected chi connectivity index (χ0v) is 26.7. The van der Waals surface area contributed by atoms with Gasteiger partial charge in [-0.15, -0.1) is 0 Å². The number of carbonyl (C=O) groups excluding carboxylic acids is 1. The van der Waals surface area contributed by atoms with Crippen molar-refractivity contribution in [3.05, 3.63) is 60.2 Å². The molecule has 7 N–H and O–H groups in total. The lowest BCUT2D eigenvalue weighted by molar-refractivity contribution is -0.374. The van der Waals surface area contributed by atoms with E-state index in [-0.39, 0.29) is 29.7 Å². The molecule has 0 radical (unpaired) electrons. The van der Waals surface area contributed by atoms with E-state index in [1.807, 2.05) is 30.3 Å². The molecular weight excluding hydrogens is 620 g/mol. The Labute approximate surface area is 271 Å². The molecule has 2 heterocycles. The van der Waals surface area contributed by atoms with E-state index in [0.717, 1.165) is 11.6 Å². The SMILES string of the molecule is C=C(CC[C@@]12O[C@H](C(=O)O)[C@@](O)(C(=O)O)[C@@](C(=O)O)(O1)[C@H](OC(=O)/C=C/[C@@H](C)C[C@@H](C)[C@@H](C)O)[C@H]2O)[C@@H](O)[C@H](C)Cc1ccccc1. The first-order chi connectivity index (χ1) is 21.8. The predicted molar refractivity (Wildman–Crippen MR) is 163 cm³/mol. The van der Waals surface area contributed by atoms with E-state index >= 15 is 0 Å². The highest BCUT2D eigenvalue weighted by Gasteiger charge is 2.85. The first-order valence-electron chi connectivity index (χ1n) is 15.3. The maximum Gasteiger partial charge on any atom is 0.344 e. The van der Waals surface area contributed by atoms with Gasteiger partial charge in [-0.05, 0) is 55.1 Å². The number of hydrogen-bond acceptors (Lipinski definition) is 11. The number of benzene rings is 1. The topological polar surface area (TPSA) is 238 Å². The number of aliphatic hydroxyl groups excluding tert-OH is 3. The number of aliphatic hydroxyl groups is 4. The third kappa shape index (κ3) is 7.27.